The molecule has 0 aromatic carbocycles. The van der Waals surface area contributed by atoms with E-state index in [2.05, 4.69) is 48.3 Å². The van der Waals surface area contributed by atoms with Gasteiger partial charge in [-0.25, -0.2) is 4.98 Å². The predicted octanol–water partition coefficient (Wildman–Crippen LogP) is 3.51. The van der Waals surface area contributed by atoms with E-state index in [9.17, 15) is 0 Å². The SMILES string of the molecule is Brc1csc(CNCc2cn3ccsc3n2)c1. The van der Waals surface area contributed by atoms with Crippen LogP contribution in [0.4, 0.5) is 0 Å². The van der Waals surface area contributed by atoms with Gasteiger partial charge in [0.15, 0.2) is 4.96 Å². The van der Waals surface area contributed by atoms with Gasteiger partial charge in [-0.2, -0.15) is 0 Å². The molecule has 0 bridgehead atoms. The van der Waals surface area contributed by atoms with Crippen LogP contribution in [0.15, 0.2) is 33.7 Å². The number of imidazole rings is 1. The van der Waals surface area contributed by atoms with Gasteiger partial charge in [0.05, 0.1) is 5.69 Å². The maximum absolute atomic E-state index is 4.52. The summed E-state index contributed by atoms with van der Waals surface area (Å²) in [7, 11) is 0. The van der Waals surface area contributed by atoms with E-state index in [0.717, 1.165) is 28.2 Å². The average Bonchev–Trinajstić information content (AvgIpc) is 2.94. The van der Waals surface area contributed by atoms with E-state index in [1.165, 1.54) is 4.88 Å². The van der Waals surface area contributed by atoms with Crippen LogP contribution in [-0.2, 0) is 13.1 Å². The number of nitrogens with one attached hydrogen (secondary N) is 1. The Bertz CT molecular complexity index is 597. The number of thiazole rings is 1. The molecule has 0 atom stereocenters. The third kappa shape index (κ3) is 2.60. The minimum atomic E-state index is 0.809. The first-order valence-corrected chi connectivity index (χ1v) is 7.71. The highest BCUT2D eigenvalue weighted by molar-refractivity contribution is 9.10. The van der Waals surface area contributed by atoms with Crippen molar-refractivity contribution in [2.75, 3.05) is 0 Å². The van der Waals surface area contributed by atoms with E-state index in [0.29, 0.717) is 0 Å². The van der Waals surface area contributed by atoms with Gasteiger partial charge in [-0.15, -0.1) is 22.7 Å². The molecule has 0 unspecified atom stereocenters. The van der Waals surface area contributed by atoms with E-state index in [4.69, 9.17) is 0 Å². The van der Waals surface area contributed by atoms with Crippen LogP contribution in [0.25, 0.3) is 4.96 Å². The molecule has 0 aliphatic carbocycles. The first-order valence-electron chi connectivity index (χ1n) is 5.16. The first kappa shape index (κ1) is 11.4. The molecule has 1 N–H and O–H groups in total. The summed E-state index contributed by atoms with van der Waals surface area (Å²) in [5.41, 5.74) is 1.09. The molecule has 0 radical (unpaired) electrons. The first-order chi connectivity index (χ1) is 8.31. The number of aromatic nitrogens is 2. The van der Waals surface area contributed by atoms with Crippen LogP contribution in [0, 0.1) is 0 Å². The molecule has 0 saturated carbocycles. The van der Waals surface area contributed by atoms with Crippen molar-refractivity contribution in [3.8, 4) is 0 Å². The molecule has 3 aromatic rings. The van der Waals surface area contributed by atoms with Crippen LogP contribution in [-0.4, -0.2) is 9.38 Å². The molecule has 6 heteroatoms. The van der Waals surface area contributed by atoms with E-state index < -0.39 is 0 Å². The fourth-order valence-electron chi connectivity index (χ4n) is 1.62. The summed E-state index contributed by atoms with van der Waals surface area (Å²) in [5, 5.41) is 7.55. The summed E-state index contributed by atoms with van der Waals surface area (Å²) >= 11 is 6.88. The number of hydrogen-bond donors (Lipinski definition) is 1. The Hall–Kier alpha value is -0.690. The Labute approximate surface area is 115 Å². The Morgan fingerprint density at radius 3 is 3.06 bits per heavy atom. The molecule has 3 nitrogen and oxygen atoms in total. The quantitative estimate of drug-likeness (QED) is 0.794. The minimum absolute atomic E-state index is 0.809. The number of halogens is 1. The highest BCUT2D eigenvalue weighted by Gasteiger charge is 2.02. The van der Waals surface area contributed by atoms with Gasteiger partial charge in [0.25, 0.3) is 0 Å². The lowest BCUT2D eigenvalue weighted by molar-refractivity contribution is 0.690. The van der Waals surface area contributed by atoms with Crippen molar-refractivity contribution in [2.24, 2.45) is 0 Å². The number of thiophene rings is 1. The van der Waals surface area contributed by atoms with Crippen molar-refractivity contribution in [1.82, 2.24) is 14.7 Å². The molecular weight excluding hydrogens is 318 g/mol. The molecule has 3 aromatic heterocycles. The monoisotopic (exact) mass is 327 g/mol. The zero-order chi connectivity index (χ0) is 11.7. The highest BCUT2D eigenvalue weighted by atomic mass is 79.9. The van der Waals surface area contributed by atoms with Crippen molar-refractivity contribution < 1.29 is 0 Å². The van der Waals surface area contributed by atoms with E-state index >= 15 is 0 Å². The van der Waals surface area contributed by atoms with Crippen molar-refractivity contribution in [1.29, 1.82) is 0 Å². The molecule has 0 fully saturated rings. The smallest absolute Gasteiger partial charge is 0.193 e. The Balaban J connectivity index is 1.59. The standard InChI is InChI=1S/C11H10BrN3S2/c12-8-3-10(17-7-8)5-13-4-9-6-15-1-2-16-11(15)14-9/h1-3,6-7,13H,4-5H2. The fourth-order valence-corrected chi connectivity index (χ4v) is 3.76. The fraction of sp³-hybridized carbons (Fsp3) is 0.182. The van der Waals surface area contributed by atoms with Crippen molar-refractivity contribution in [2.45, 2.75) is 13.1 Å². The molecule has 0 saturated heterocycles. The largest absolute Gasteiger partial charge is 0.306 e. The van der Waals surface area contributed by atoms with Crippen LogP contribution < -0.4 is 5.32 Å². The maximum atomic E-state index is 4.52. The summed E-state index contributed by atoms with van der Waals surface area (Å²) < 4.78 is 3.21. The van der Waals surface area contributed by atoms with E-state index in [1.54, 1.807) is 22.7 Å². The maximum Gasteiger partial charge on any atom is 0.193 e. The number of hydrogen-bond acceptors (Lipinski definition) is 4. The molecule has 0 aliphatic heterocycles. The van der Waals surface area contributed by atoms with E-state index in [-0.39, 0.29) is 0 Å². The van der Waals surface area contributed by atoms with Gasteiger partial charge in [0.2, 0.25) is 0 Å². The lowest BCUT2D eigenvalue weighted by Crippen LogP contribution is -2.11. The predicted molar refractivity (Wildman–Crippen MR) is 75.6 cm³/mol. The van der Waals surface area contributed by atoms with Gasteiger partial charge in [-0.1, -0.05) is 0 Å². The molecule has 3 heterocycles. The molecule has 88 valence electrons. The Morgan fingerprint density at radius 1 is 1.35 bits per heavy atom. The summed E-state index contributed by atoms with van der Waals surface area (Å²) in [6, 6.07) is 2.14. The van der Waals surface area contributed by atoms with Crippen LogP contribution in [0.3, 0.4) is 0 Å². The zero-order valence-corrected chi connectivity index (χ0v) is 12.1. The van der Waals surface area contributed by atoms with Crippen molar-refractivity contribution >= 4 is 43.6 Å². The van der Waals surface area contributed by atoms with Crippen LogP contribution in [0.1, 0.15) is 10.6 Å². The summed E-state index contributed by atoms with van der Waals surface area (Å²) in [6.45, 7) is 1.70. The number of fused-ring (bicyclic) bond motifs is 1. The summed E-state index contributed by atoms with van der Waals surface area (Å²) in [4.78, 5) is 6.91. The third-order valence-electron chi connectivity index (χ3n) is 2.37. The van der Waals surface area contributed by atoms with E-state index in [1.807, 2.05) is 11.6 Å². The molecule has 0 spiro atoms. The van der Waals surface area contributed by atoms with Gasteiger partial charge in [-0.05, 0) is 22.0 Å². The number of rotatable bonds is 4. The lowest BCUT2D eigenvalue weighted by Gasteiger charge is -1.99. The normalized spacial score (nSPS) is 11.4. The van der Waals surface area contributed by atoms with Gasteiger partial charge in [0, 0.05) is 45.6 Å². The Kier molecular flexibility index (Phi) is 3.28. The van der Waals surface area contributed by atoms with Crippen LogP contribution in [0.5, 0.6) is 0 Å². The highest BCUT2D eigenvalue weighted by Crippen LogP contribution is 2.19. The molecule has 3 rings (SSSR count). The van der Waals surface area contributed by atoms with Crippen molar-refractivity contribution in [3.05, 3.63) is 44.3 Å². The molecule has 17 heavy (non-hydrogen) atoms. The van der Waals surface area contributed by atoms with Gasteiger partial charge in [-0.3, -0.25) is 4.40 Å². The molecule has 0 amide bonds. The third-order valence-corrected chi connectivity index (χ3v) is 4.84. The second-order valence-electron chi connectivity index (χ2n) is 3.66. The average molecular weight is 328 g/mol. The zero-order valence-electron chi connectivity index (χ0n) is 8.89. The van der Waals surface area contributed by atoms with Crippen LogP contribution >= 0.6 is 38.6 Å². The van der Waals surface area contributed by atoms with Gasteiger partial charge >= 0.3 is 0 Å². The summed E-state index contributed by atoms with van der Waals surface area (Å²) in [6.07, 6.45) is 4.11. The molecule has 0 aliphatic rings. The van der Waals surface area contributed by atoms with Gasteiger partial charge < -0.3 is 5.32 Å². The lowest BCUT2D eigenvalue weighted by atomic mass is 10.4. The molecular formula is C11H10BrN3S2. The second kappa shape index (κ2) is 4.89. The second-order valence-corrected chi connectivity index (χ2v) is 6.44. The Morgan fingerprint density at radius 2 is 2.29 bits per heavy atom. The minimum Gasteiger partial charge on any atom is -0.306 e. The van der Waals surface area contributed by atoms with Gasteiger partial charge in [0.1, 0.15) is 0 Å². The summed E-state index contributed by atoms with van der Waals surface area (Å²) in [5.74, 6) is 0. The van der Waals surface area contributed by atoms with Crippen LogP contribution in [0.2, 0.25) is 0 Å². The topological polar surface area (TPSA) is 29.3 Å². The number of nitrogens with zero attached hydrogens (tertiary/aromatic N) is 2. The van der Waals surface area contributed by atoms with Crippen molar-refractivity contribution in [3.63, 3.8) is 0 Å².